The Morgan fingerprint density at radius 1 is 1.12 bits per heavy atom. The molecule has 0 radical (unpaired) electrons. The zero-order valence-corrected chi connectivity index (χ0v) is 15.8. The van der Waals surface area contributed by atoms with Crippen LogP contribution in [0.4, 0.5) is 5.69 Å². The van der Waals surface area contributed by atoms with Crippen LogP contribution in [-0.2, 0) is 9.59 Å². The number of hydrogen-bond donors (Lipinski definition) is 1. The Hall–Kier alpha value is -2.28. The smallest absolute Gasteiger partial charge is 0.223 e. The van der Waals surface area contributed by atoms with Crippen molar-refractivity contribution in [3.63, 3.8) is 0 Å². The van der Waals surface area contributed by atoms with E-state index in [-0.39, 0.29) is 24.8 Å². The Balaban J connectivity index is 2.66. The molecule has 2 amide bonds. The summed E-state index contributed by atoms with van der Waals surface area (Å²) in [6.45, 7) is 3.31. The standard InChI is InChI=1S/C18H29N3O4/c1-14(22)21(12-9-18(23)19-10-6-11-20(2)3)16-8-7-15(24-4)13-17(16)25-5/h7-8,13H,6,9-12H2,1-5H3,(H,19,23). The number of nitrogens with one attached hydrogen (secondary N) is 1. The van der Waals surface area contributed by atoms with Gasteiger partial charge in [0.05, 0.1) is 19.9 Å². The van der Waals surface area contributed by atoms with E-state index in [4.69, 9.17) is 9.47 Å². The highest BCUT2D eigenvalue weighted by atomic mass is 16.5. The van der Waals surface area contributed by atoms with E-state index in [0.29, 0.717) is 23.7 Å². The van der Waals surface area contributed by atoms with Gasteiger partial charge >= 0.3 is 0 Å². The highest BCUT2D eigenvalue weighted by Crippen LogP contribution is 2.32. The van der Waals surface area contributed by atoms with Gasteiger partial charge in [-0.25, -0.2) is 0 Å². The zero-order valence-electron chi connectivity index (χ0n) is 15.8. The molecule has 0 heterocycles. The van der Waals surface area contributed by atoms with Crippen LogP contribution >= 0.6 is 0 Å². The van der Waals surface area contributed by atoms with Crippen LogP contribution in [0.2, 0.25) is 0 Å². The summed E-state index contributed by atoms with van der Waals surface area (Å²) in [5, 5.41) is 2.88. The van der Waals surface area contributed by atoms with Crippen molar-refractivity contribution in [3.05, 3.63) is 18.2 Å². The maximum absolute atomic E-state index is 12.0. The Morgan fingerprint density at radius 2 is 1.84 bits per heavy atom. The first kappa shape index (κ1) is 20.8. The summed E-state index contributed by atoms with van der Waals surface area (Å²) in [6.07, 6.45) is 1.12. The van der Waals surface area contributed by atoms with E-state index >= 15 is 0 Å². The summed E-state index contributed by atoms with van der Waals surface area (Å²) in [7, 11) is 7.09. The fraction of sp³-hybridized carbons (Fsp3) is 0.556. The van der Waals surface area contributed by atoms with E-state index in [2.05, 4.69) is 10.2 Å². The topological polar surface area (TPSA) is 71.1 Å². The lowest BCUT2D eigenvalue weighted by Gasteiger charge is -2.23. The summed E-state index contributed by atoms with van der Waals surface area (Å²) in [5.74, 6) is 0.949. The number of nitrogens with zero attached hydrogens (tertiary/aromatic N) is 2. The molecule has 0 fully saturated rings. The number of rotatable bonds is 10. The van der Waals surface area contributed by atoms with Gasteiger partial charge in [0, 0.05) is 32.5 Å². The van der Waals surface area contributed by atoms with Gasteiger partial charge < -0.3 is 24.6 Å². The molecule has 140 valence electrons. The first-order valence-corrected chi connectivity index (χ1v) is 8.30. The summed E-state index contributed by atoms with van der Waals surface area (Å²) in [5.41, 5.74) is 0.621. The van der Waals surface area contributed by atoms with E-state index in [1.54, 1.807) is 25.3 Å². The third-order valence-corrected chi connectivity index (χ3v) is 3.72. The number of amides is 2. The van der Waals surface area contributed by atoms with Gasteiger partial charge in [0.15, 0.2) is 0 Å². The summed E-state index contributed by atoms with van der Waals surface area (Å²) < 4.78 is 10.5. The molecule has 1 aromatic rings. The molecule has 1 rings (SSSR count). The van der Waals surface area contributed by atoms with Gasteiger partial charge in [-0.3, -0.25) is 9.59 Å². The normalized spacial score (nSPS) is 10.5. The zero-order chi connectivity index (χ0) is 18.8. The molecular weight excluding hydrogens is 322 g/mol. The van der Waals surface area contributed by atoms with E-state index in [9.17, 15) is 9.59 Å². The van der Waals surface area contributed by atoms with Crippen LogP contribution in [0.15, 0.2) is 18.2 Å². The minimum Gasteiger partial charge on any atom is -0.497 e. The van der Waals surface area contributed by atoms with Crippen LogP contribution in [0.5, 0.6) is 11.5 Å². The lowest BCUT2D eigenvalue weighted by Crippen LogP contribution is -2.34. The number of methoxy groups -OCH3 is 2. The van der Waals surface area contributed by atoms with Crippen molar-refractivity contribution in [1.82, 2.24) is 10.2 Å². The van der Waals surface area contributed by atoms with Crippen molar-refractivity contribution in [3.8, 4) is 11.5 Å². The second-order valence-corrected chi connectivity index (χ2v) is 5.97. The highest BCUT2D eigenvalue weighted by Gasteiger charge is 2.18. The molecule has 0 spiro atoms. The molecule has 1 N–H and O–H groups in total. The van der Waals surface area contributed by atoms with Gasteiger partial charge in [0.1, 0.15) is 11.5 Å². The first-order chi connectivity index (χ1) is 11.9. The van der Waals surface area contributed by atoms with Crippen LogP contribution in [0.25, 0.3) is 0 Å². The fourth-order valence-electron chi connectivity index (χ4n) is 2.38. The Morgan fingerprint density at radius 3 is 2.40 bits per heavy atom. The Bertz CT molecular complexity index is 575. The Kier molecular flexibility index (Phi) is 8.77. The molecule has 0 aliphatic rings. The lowest BCUT2D eigenvalue weighted by molar-refractivity contribution is -0.121. The van der Waals surface area contributed by atoms with Crippen LogP contribution < -0.4 is 19.7 Å². The molecule has 0 saturated heterocycles. The monoisotopic (exact) mass is 351 g/mol. The molecular formula is C18H29N3O4. The van der Waals surface area contributed by atoms with Crippen molar-refractivity contribution in [2.45, 2.75) is 19.8 Å². The molecule has 0 bridgehead atoms. The number of carbonyl (C=O) groups excluding carboxylic acids is 2. The minimum absolute atomic E-state index is 0.0718. The number of anilines is 1. The fourth-order valence-corrected chi connectivity index (χ4v) is 2.38. The maximum Gasteiger partial charge on any atom is 0.223 e. The predicted octanol–water partition coefficient (Wildman–Crippen LogP) is 1.51. The number of ether oxygens (including phenoxy) is 2. The van der Waals surface area contributed by atoms with Crippen molar-refractivity contribution < 1.29 is 19.1 Å². The van der Waals surface area contributed by atoms with Crippen molar-refractivity contribution in [2.75, 3.05) is 52.8 Å². The largest absolute Gasteiger partial charge is 0.497 e. The number of carbonyl (C=O) groups is 2. The molecule has 25 heavy (non-hydrogen) atoms. The predicted molar refractivity (Wildman–Crippen MR) is 98.4 cm³/mol. The van der Waals surface area contributed by atoms with Crippen LogP contribution in [-0.4, -0.2) is 64.7 Å². The Labute approximate surface area is 149 Å². The minimum atomic E-state index is -0.149. The van der Waals surface area contributed by atoms with Gasteiger partial charge in [-0.15, -0.1) is 0 Å². The lowest BCUT2D eigenvalue weighted by atomic mass is 10.2. The van der Waals surface area contributed by atoms with Gasteiger partial charge in [0.2, 0.25) is 11.8 Å². The average molecular weight is 351 g/mol. The third kappa shape index (κ3) is 7.01. The second kappa shape index (κ2) is 10.6. The van der Waals surface area contributed by atoms with Gasteiger partial charge in [-0.05, 0) is 39.2 Å². The molecule has 0 aliphatic heterocycles. The third-order valence-electron chi connectivity index (χ3n) is 3.72. The highest BCUT2D eigenvalue weighted by molar-refractivity contribution is 5.94. The molecule has 0 saturated carbocycles. The molecule has 1 aromatic carbocycles. The quantitative estimate of drug-likeness (QED) is 0.647. The molecule has 0 unspecified atom stereocenters. The molecule has 0 aromatic heterocycles. The second-order valence-electron chi connectivity index (χ2n) is 5.97. The van der Waals surface area contributed by atoms with E-state index in [1.165, 1.54) is 18.9 Å². The molecule has 7 nitrogen and oxygen atoms in total. The van der Waals surface area contributed by atoms with Gasteiger partial charge in [-0.1, -0.05) is 0 Å². The van der Waals surface area contributed by atoms with E-state index in [1.807, 2.05) is 14.1 Å². The van der Waals surface area contributed by atoms with Crippen molar-refractivity contribution >= 4 is 17.5 Å². The number of hydrogen-bond acceptors (Lipinski definition) is 5. The average Bonchev–Trinajstić information content (AvgIpc) is 2.58. The number of benzene rings is 1. The molecule has 7 heteroatoms. The summed E-state index contributed by atoms with van der Waals surface area (Å²) in [4.78, 5) is 27.6. The van der Waals surface area contributed by atoms with E-state index in [0.717, 1.165) is 13.0 Å². The van der Waals surface area contributed by atoms with Crippen molar-refractivity contribution in [1.29, 1.82) is 0 Å². The van der Waals surface area contributed by atoms with Crippen LogP contribution in [0.3, 0.4) is 0 Å². The maximum atomic E-state index is 12.0. The SMILES string of the molecule is COc1ccc(N(CCC(=O)NCCCN(C)C)C(C)=O)c(OC)c1. The summed E-state index contributed by atoms with van der Waals surface area (Å²) in [6, 6.07) is 5.23. The van der Waals surface area contributed by atoms with Crippen LogP contribution in [0.1, 0.15) is 19.8 Å². The summed E-state index contributed by atoms with van der Waals surface area (Å²) >= 11 is 0. The van der Waals surface area contributed by atoms with Crippen molar-refractivity contribution in [2.24, 2.45) is 0 Å². The molecule has 0 aliphatic carbocycles. The van der Waals surface area contributed by atoms with Crippen LogP contribution in [0, 0.1) is 0 Å². The first-order valence-electron chi connectivity index (χ1n) is 8.30. The van der Waals surface area contributed by atoms with Gasteiger partial charge in [-0.2, -0.15) is 0 Å². The van der Waals surface area contributed by atoms with E-state index < -0.39 is 0 Å². The van der Waals surface area contributed by atoms with Gasteiger partial charge in [0.25, 0.3) is 0 Å². The molecule has 0 atom stereocenters.